The van der Waals surface area contributed by atoms with Crippen molar-refractivity contribution < 1.29 is 0 Å². The Bertz CT molecular complexity index is 317. The van der Waals surface area contributed by atoms with Crippen LogP contribution in [-0.4, -0.2) is 15.5 Å². The maximum atomic E-state index is 5.93. The van der Waals surface area contributed by atoms with Gasteiger partial charge in [0.05, 0.1) is 0 Å². The van der Waals surface area contributed by atoms with Crippen molar-refractivity contribution in [2.45, 2.75) is 38.1 Å². The van der Waals surface area contributed by atoms with Crippen molar-refractivity contribution in [2.24, 2.45) is 0 Å². The van der Waals surface area contributed by atoms with Gasteiger partial charge in [0.1, 0.15) is 0 Å². The second kappa shape index (κ2) is 3.73. The van der Waals surface area contributed by atoms with Gasteiger partial charge in [0.15, 0.2) is 11.0 Å². The third-order valence-corrected chi connectivity index (χ3v) is 3.30. The highest BCUT2D eigenvalue weighted by atomic mass is 35.5. The van der Waals surface area contributed by atoms with E-state index in [1.54, 1.807) is 12.4 Å². The third-order valence-electron chi connectivity index (χ3n) is 3.02. The summed E-state index contributed by atoms with van der Waals surface area (Å²) in [4.78, 5) is 8.18. The van der Waals surface area contributed by atoms with E-state index in [9.17, 15) is 0 Å². The predicted octanol–water partition coefficient (Wildman–Crippen LogP) is 2.87. The minimum atomic E-state index is 0.222. The first-order chi connectivity index (χ1) is 6.76. The SMILES string of the molecule is CCC1(Nc2nccnc2Cl)CCC1. The lowest BCUT2D eigenvalue weighted by molar-refractivity contribution is 0.268. The summed E-state index contributed by atoms with van der Waals surface area (Å²) in [6, 6.07) is 0. The van der Waals surface area contributed by atoms with Crippen LogP contribution in [0.1, 0.15) is 32.6 Å². The summed E-state index contributed by atoms with van der Waals surface area (Å²) in [7, 11) is 0. The molecule has 1 aliphatic rings. The lowest BCUT2D eigenvalue weighted by Crippen LogP contribution is -2.44. The van der Waals surface area contributed by atoms with Crippen LogP contribution >= 0.6 is 11.6 Å². The van der Waals surface area contributed by atoms with Gasteiger partial charge in [-0.15, -0.1) is 0 Å². The summed E-state index contributed by atoms with van der Waals surface area (Å²) in [5.41, 5.74) is 0.222. The molecule has 0 spiro atoms. The molecule has 1 heterocycles. The van der Waals surface area contributed by atoms with Crippen molar-refractivity contribution in [3.8, 4) is 0 Å². The highest BCUT2D eigenvalue weighted by Gasteiger charge is 2.35. The highest BCUT2D eigenvalue weighted by Crippen LogP contribution is 2.38. The lowest BCUT2D eigenvalue weighted by atomic mass is 9.75. The van der Waals surface area contributed by atoms with Crippen LogP contribution in [0.15, 0.2) is 12.4 Å². The molecule has 1 aliphatic carbocycles. The second-order valence-electron chi connectivity index (χ2n) is 3.81. The van der Waals surface area contributed by atoms with Crippen molar-refractivity contribution in [3.05, 3.63) is 17.5 Å². The van der Waals surface area contributed by atoms with Gasteiger partial charge < -0.3 is 5.32 Å². The van der Waals surface area contributed by atoms with E-state index in [1.165, 1.54) is 19.3 Å². The standard InChI is InChI=1S/C10H14ClN3/c1-2-10(4-3-5-10)14-9-8(11)12-6-7-13-9/h6-7H,2-5H2,1H3,(H,13,14). The van der Waals surface area contributed by atoms with E-state index in [4.69, 9.17) is 11.6 Å². The van der Waals surface area contributed by atoms with Crippen LogP contribution in [0.5, 0.6) is 0 Å². The van der Waals surface area contributed by atoms with Crippen molar-refractivity contribution in [2.75, 3.05) is 5.32 Å². The number of nitrogens with zero attached hydrogens (tertiary/aromatic N) is 2. The number of aromatic nitrogens is 2. The average Bonchev–Trinajstić information content (AvgIpc) is 2.14. The summed E-state index contributed by atoms with van der Waals surface area (Å²) in [6.45, 7) is 2.19. The molecule has 0 amide bonds. The van der Waals surface area contributed by atoms with Crippen molar-refractivity contribution >= 4 is 17.4 Å². The number of halogens is 1. The minimum Gasteiger partial charge on any atom is -0.362 e. The molecule has 0 bridgehead atoms. The molecule has 2 rings (SSSR count). The zero-order valence-electron chi connectivity index (χ0n) is 8.26. The van der Waals surface area contributed by atoms with Gasteiger partial charge in [-0.25, -0.2) is 9.97 Å². The van der Waals surface area contributed by atoms with E-state index >= 15 is 0 Å². The number of hydrogen-bond donors (Lipinski definition) is 1. The molecule has 0 unspecified atom stereocenters. The van der Waals surface area contributed by atoms with Crippen molar-refractivity contribution in [3.63, 3.8) is 0 Å². The van der Waals surface area contributed by atoms with Crippen LogP contribution < -0.4 is 5.32 Å². The first-order valence-electron chi connectivity index (χ1n) is 5.00. The Balaban J connectivity index is 2.13. The quantitative estimate of drug-likeness (QED) is 0.836. The largest absolute Gasteiger partial charge is 0.362 e. The van der Waals surface area contributed by atoms with Gasteiger partial charge in [0.25, 0.3) is 0 Å². The molecule has 76 valence electrons. The first kappa shape index (κ1) is 9.71. The Labute approximate surface area is 88.9 Å². The van der Waals surface area contributed by atoms with E-state index in [2.05, 4.69) is 22.2 Å². The Morgan fingerprint density at radius 3 is 2.64 bits per heavy atom. The van der Waals surface area contributed by atoms with Gasteiger partial charge in [0, 0.05) is 17.9 Å². The maximum Gasteiger partial charge on any atom is 0.171 e. The van der Waals surface area contributed by atoms with Crippen molar-refractivity contribution in [1.29, 1.82) is 0 Å². The van der Waals surface area contributed by atoms with Gasteiger partial charge in [0.2, 0.25) is 0 Å². The topological polar surface area (TPSA) is 37.8 Å². The second-order valence-corrected chi connectivity index (χ2v) is 4.17. The minimum absolute atomic E-state index is 0.222. The summed E-state index contributed by atoms with van der Waals surface area (Å²) in [6.07, 6.45) is 8.08. The fourth-order valence-corrected chi connectivity index (χ4v) is 1.98. The van der Waals surface area contributed by atoms with Crippen LogP contribution in [0.25, 0.3) is 0 Å². The lowest BCUT2D eigenvalue weighted by Gasteiger charge is -2.42. The molecule has 0 aromatic carbocycles. The zero-order valence-corrected chi connectivity index (χ0v) is 9.01. The fraction of sp³-hybridized carbons (Fsp3) is 0.600. The molecule has 0 aliphatic heterocycles. The zero-order chi connectivity index (χ0) is 10.0. The van der Waals surface area contributed by atoms with Crippen LogP contribution in [0.2, 0.25) is 5.15 Å². The summed E-state index contributed by atoms with van der Waals surface area (Å²) < 4.78 is 0. The first-order valence-corrected chi connectivity index (χ1v) is 5.38. The van der Waals surface area contributed by atoms with Gasteiger partial charge in [-0.2, -0.15) is 0 Å². The molecule has 0 radical (unpaired) electrons. The van der Waals surface area contributed by atoms with Gasteiger partial charge in [-0.3, -0.25) is 0 Å². The molecule has 3 nitrogen and oxygen atoms in total. The average molecular weight is 212 g/mol. The molecule has 1 saturated carbocycles. The van der Waals surface area contributed by atoms with Gasteiger partial charge >= 0.3 is 0 Å². The van der Waals surface area contributed by atoms with Crippen LogP contribution in [0, 0.1) is 0 Å². The molecule has 14 heavy (non-hydrogen) atoms. The molecule has 1 aromatic rings. The maximum absolute atomic E-state index is 5.93. The van der Waals surface area contributed by atoms with E-state index in [0.717, 1.165) is 12.2 Å². The molecule has 1 aromatic heterocycles. The molecular weight excluding hydrogens is 198 g/mol. The molecule has 1 N–H and O–H groups in total. The highest BCUT2D eigenvalue weighted by molar-refractivity contribution is 6.31. The molecule has 0 atom stereocenters. The Morgan fingerprint density at radius 2 is 2.14 bits per heavy atom. The molecule has 1 fully saturated rings. The van der Waals surface area contributed by atoms with Crippen molar-refractivity contribution in [1.82, 2.24) is 9.97 Å². The molecule has 0 saturated heterocycles. The van der Waals surface area contributed by atoms with E-state index in [-0.39, 0.29) is 5.54 Å². The van der Waals surface area contributed by atoms with Crippen LogP contribution in [-0.2, 0) is 0 Å². The Morgan fingerprint density at radius 1 is 1.43 bits per heavy atom. The fourth-order valence-electron chi connectivity index (χ4n) is 1.83. The Kier molecular flexibility index (Phi) is 2.59. The normalized spacial score (nSPS) is 18.7. The predicted molar refractivity (Wildman–Crippen MR) is 57.5 cm³/mol. The summed E-state index contributed by atoms with van der Waals surface area (Å²) in [5, 5.41) is 3.87. The van der Waals surface area contributed by atoms with E-state index in [1.807, 2.05) is 0 Å². The third kappa shape index (κ3) is 1.69. The molecular formula is C10H14ClN3. The van der Waals surface area contributed by atoms with Gasteiger partial charge in [-0.05, 0) is 25.7 Å². The summed E-state index contributed by atoms with van der Waals surface area (Å²) in [5.74, 6) is 0.718. The Hall–Kier alpha value is -0.830. The monoisotopic (exact) mass is 211 g/mol. The number of rotatable bonds is 3. The van der Waals surface area contributed by atoms with E-state index < -0.39 is 0 Å². The summed E-state index contributed by atoms with van der Waals surface area (Å²) >= 11 is 5.93. The van der Waals surface area contributed by atoms with E-state index in [0.29, 0.717) is 5.15 Å². The van der Waals surface area contributed by atoms with Crippen LogP contribution in [0.4, 0.5) is 5.82 Å². The smallest absolute Gasteiger partial charge is 0.171 e. The van der Waals surface area contributed by atoms with Gasteiger partial charge in [-0.1, -0.05) is 18.5 Å². The molecule has 4 heteroatoms. The number of nitrogens with one attached hydrogen (secondary N) is 1. The van der Waals surface area contributed by atoms with Crippen LogP contribution in [0.3, 0.4) is 0 Å². The number of hydrogen-bond acceptors (Lipinski definition) is 3. The number of anilines is 1.